The lowest BCUT2D eigenvalue weighted by atomic mass is 10.2. The van der Waals surface area contributed by atoms with Crippen LogP contribution in [0.15, 0.2) is 12.1 Å². The number of thiophene rings is 1. The van der Waals surface area contributed by atoms with Crippen molar-refractivity contribution < 1.29 is 4.92 Å². The molecule has 0 spiro atoms. The van der Waals surface area contributed by atoms with E-state index in [9.17, 15) is 10.1 Å². The second kappa shape index (κ2) is 5.16. The average Bonchev–Trinajstić information content (AvgIpc) is 2.51. The molecule has 1 rings (SSSR count). The maximum atomic E-state index is 10.3. The van der Waals surface area contributed by atoms with Crippen LogP contribution in [-0.4, -0.2) is 4.92 Å². The highest BCUT2D eigenvalue weighted by molar-refractivity contribution is 7.15. The fourth-order valence-corrected chi connectivity index (χ4v) is 1.75. The molecule has 0 aliphatic heterocycles. The van der Waals surface area contributed by atoms with Crippen molar-refractivity contribution in [3.8, 4) is 0 Å². The Balaban J connectivity index is 0.00000144. The van der Waals surface area contributed by atoms with Crippen LogP contribution in [0.1, 0.15) is 24.3 Å². The second-order valence-corrected chi connectivity index (χ2v) is 3.54. The van der Waals surface area contributed by atoms with Crippen LogP contribution in [0.3, 0.4) is 0 Å². The van der Waals surface area contributed by atoms with E-state index in [4.69, 9.17) is 5.73 Å². The molecular formula is C7H11ClN2O2S. The van der Waals surface area contributed by atoms with Gasteiger partial charge in [0.1, 0.15) is 0 Å². The maximum absolute atomic E-state index is 10.3. The summed E-state index contributed by atoms with van der Waals surface area (Å²) in [6.07, 6.45) is 0.803. The summed E-state index contributed by atoms with van der Waals surface area (Å²) in [7, 11) is 0. The van der Waals surface area contributed by atoms with Crippen LogP contribution in [0.4, 0.5) is 5.00 Å². The van der Waals surface area contributed by atoms with Crippen LogP contribution >= 0.6 is 23.7 Å². The lowest BCUT2D eigenvalue weighted by Gasteiger charge is -2.02. The molecule has 0 aliphatic carbocycles. The van der Waals surface area contributed by atoms with Gasteiger partial charge in [-0.15, -0.1) is 12.4 Å². The molecule has 0 aliphatic rings. The predicted molar refractivity (Wildman–Crippen MR) is 55.4 cm³/mol. The third-order valence-corrected chi connectivity index (χ3v) is 2.77. The van der Waals surface area contributed by atoms with Crippen molar-refractivity contribution >= 4 is 28.7 Å². The third-order valence-electron chi connectivity index (χ3n) is 1.60. The van der Waals surface area contributed by atoms with Crippen LogP contribution in [0.2, 0.25) is 0 Å². The monoisotopic (exact) mass is 222 g/mol. The Morgan fingerprint density at radius 2 is 2.31 bits per heavy atom. The zero-order valence-electron chi connectivity index (χ0n) is 7.10. The van der Waals surface area contributed by atoms with Crippen LogP contribution in [-0.2, 0) is 0 Å². The molecule has 4 nitrogen and oxygen atoms in total. The summed E-state index contributed by atoms with van der Waals surface area (Å²) < 4.78 is 0. The highest BCUT2D eigenvalue weighted by atomic mass is 35.5. The summed E-state index contributed by atoms with van der Waals surface area (Å²) in [4.78, 5) is 10.8. The van der Waals surface area contributed by atoms with Gasteiger partial charge in [0, 0.05) is 17.0 Å². The molecule has 0 aromatic carbocycles. The van der Waals surface area contributed by atoms with Crippen LogP contribution in [0.25, 0.3) is 0 Å². The number of nitrogens with two attached hydrogens (primary N) is 1. The fourth-order valence-electron chi connectivity index (χ4n) is 0.841. The van der Waals surface area contributed by atoms with E-state index in [1.165, 1.54) is 6.07 Å². The minimum absolute atomic E-state index is 0. The molecule has 2 N–H and O–H groups in total. The van der Waals surface area contributed by atoms with Crippen LogP contribution in [0.5, 0.6) is 0 Å². The Labute approximate surface area is 86.3 Å². The fraction of sp³-hybridized carbons (Fsp3) is 0.429. The minimum atomic E-state index is -0.392. The molecule has 0 amide bonds. The standard InChI is InChI=1S/C7H10N2O2S.ClH/c1-2-5(8)6-3-4-7(12-6)9(10)11;/h3-5H,2,8H2,1H3;1H/t5-;/m1./s1. The number of rotatable bonds is 3. The zero-order chi connectivity index (χ0) is 9.14. The van der Waals surface area contributed by atoms with Crippen molar-refractivity contribution in [2.75, 3.05) is 0 Å². The smallest absolute Gasteiger partial charge is 0.323 e. The Hall–Kier alpha value is -0.650. The molecule has 6 heteroatoms. The largest absolute Gasteiger partial charge is 0.324 e. The summed E-state index contributed by atoms with van der Waals surface area (Å²) in [5, 5.41) is 10.5. The van der Waals surface area contributed by atoms with E-state index in [1.807, 2.05) is 6.92 Å². The van der Waals surface area contributed by atoms with Crippen molar-refractivity contribution in [1.82, 2.24) is 0 Å². The van der Waals surface area contributed by atoms with Gasteiger partial charge < -0.3 is 5.73 Å². The van der Waals surface area contributed by atoms with E-state index in [0.29, 0.717) is 0 Å². The topological polar surface area (TPSA) is 69.2 Å². The van der Waals surface area contributed by atoms with Gasteiger partial charge in [-0.3, -0.25) is 10.1 Å². The zero-order valence-corrected chi connectivity index (χ0v) is 8.73. The maximum Gasteiger partial charge on any atom is 0.324 e. The quantitative estimate of drug-likeness (QED) is 0.631. The molecular weight excluding hydrogens is 212 g/mol. The van der Waals surface area contributed by atoms with E-state index in [-0.39, 0.29) is 23.4 Å². The Bertz CT molecular complexity index is 290. The SMILES string of the molecule is CC[C@@H](N)c1ccc([N+](=O)[O-])s1.Cl. The Kier molecular flexibility index (Phi) is 4.90. The Morgan fingerprint density at radius 1 is 1.69 bits per heavy atom. The molecule has 1 heterocycles. The predicted octanol–water partition coefficient (Wildman–Crippen LogP) is 2.49. The number of nitro groups is 1. The van der Waals surface area contributed by atoms with Gasteiger partial charge in [-0.2, -0.15) is 0 Å². The van der Waals surface area contributed by atoms with Gasteiger partial charge in [0.05, 0.1) is 4.92 Å². The van der Waals surface area contributed by atoms with Crippen molar-refractivity contribution in [3.63, 3.8) is 0 Å². The molecule has 0 radical (unpaired) electrons. The van der Waals surface area contributed by atoms with Gasteiger partial charge in [0.15, 0.2) is 0 Å². The first-order valence-corrected chi connectivity index (χ1v) is 4.46. The number of halogens is 1. The molecule has 0 fully saturated rings. The van der Waals surface area contributed by atoms with Crippen molar-refractivity contribution in [2.24, 2.45) is 5.73 Å². The number of hydrogen-bond donors (Lipinski definition) is 1. The lowest BCUT2D eigenvalue weighted by Crippen LogP contribution is -2.05. The summed E-state index contributed by atoms with van der Waals surface area (Å²) >= 11 is 1.15. The van der Waals surface area contributed by atoms with Crippen molar-refractivity contribution in [2.45, 2.75) is 19.4 Å². The first-order chi connectivity index (χ1) is 5.65. The minimum Gasteiger partial charge on any atom is -0.323 e. The van der Waals surface area contributed by atoms with Gasteiger partial charge in [-0.05, 0) is 12.5 Å². The van der Waals surface area contributed by atoms with Gasteiger partial charge in [-0.25, -0.2) is 0 Å². The number of hydrogen-bond acceptors (Lipinski definition) is 4. The summed E-state index contributed by atoms with van der Waals surface area (Å²) in [5.74, 6) is 0. The lowest BCUT2D eigenvalue weighted by molar-refractivity contribution is -0.380. The molecule has 0 saturated heterocycles. The molecule has 0 unspecified atom stereocenters. The van der Waals surface area contributed by atoms with E-state index < -0.39 is 4.92 Å². The highest BCUT2D eigenvalue weighted by Crippen LogP contribution is 2.28. The summed E-state index contributed by atoms with van der Waals surface area (Å²) in [6, 6.07) is 3.15. The van der Waals surface area contributed by atoms with E-state index >= 15 is 0 Å². The first kappa shape index (κ1) is 12.3. The molecule has 74 valence electrons. The van der Waals surface area contributed by atoms with E-state index in [2.05, 4.69) is 0 Å². The number of nitrogens with zero attached hydrogens (tertiary/aromatic N) is 1. The summed E-state index contributed by atoms with van der Waals surface area (Å²) in [6.45, 7) is 1.95. The van der Waals surface area contributed by atoms with Crippen LogP contribution < -0.4 is 5.73 Å². The third kappa shape index (κ3) is 2.95. The molecule has 1 aromatic rings. The molecule has 1 aromatic heterocycles. The molecule has 13 heavy (non-hydrogen) atoms. The van der Waals surface area contributed by atoms with Gasteiger partial charge in [-0.1, -0.05) is 18.3 Å². The molecule has 0 saturated carbocycles. The van der Waals surface area contributed by atoms with Gasteiger partial charge in [0.2, 0.25) is 0 Å². The molecule has 0 bridgehead atoms. The van der Waals surface area contributed by atoms with Crippen LogP contribution in [0, 0.1) is 10.1 Å². The second-order valence-electron chi connectivity index (χ2n) is 2.45. The first-order valence-electron chi connectivity index (χ1n) is 3.65. The van der Waals surface area contributed by atoms with E-state index in [0.717, 1.165) is 22.6 Å². The molecule has 1 atom stereocenters. The van der Waals surface area contributed by atoms with Crippen molar-refractivity contribution in [1.29, 1.82) is 0 Å². The summed E-state index contributed by atoms with van der Waals surface area (Å²) in [5.41, 5.74) is 5.70. The normalized spacial score (nSPS) is 11.8. The Morgan fingerprint density at radius 3 is 2.69 bits per heavy atom. The highest BCUT2D eigenvalue weighted by Gasteiger charge is 2.12. The van der Waals surface area contributed by atoms with Crippen molar-refractivity contribution in [3.05, 3.63) is 27.1 Å². The van der Waals surface area contributed by atoms with E-state index in [1.54, 1.807) is 6.07 Å². The average molecular weight is 223 g/mol. The van der Waals surface area contributed by atoms with Gasteiger partial charge >= 0.3 is 5.00 Å². The van der Waals surface area contributed by atoms with Gasteiger partial charge in [0.25, 0.3) is 0 Å².